The fourth-order valence-corrected chi connectivity index (χ4v) is 1.29. The molecule has 1 amide bonds. The second-order valence-electron chi connectivity index (χ2n) is 3.60. The first-order valence-corrected chi connectivity index (χ1v) is 5.52. The molecule has 1 rings (SSSR count). The minimum absolute atomic E-state index is 0.0162. The van der Waals surface area contributed by atoms with Gasteiger partial charge < -0.3 is 20.9 Å². The molecule has 0 heterocycles. The van der Waals surface area contributed by atoms with Crippen molar-refractivity contribution in [2.24, 2.45) is 5.73 Å². The molecule has 19 heavy (non-hydrogen) atoms. The highest BCUT2D eigenvalue weighted by molar-refractivity contribution is 6.08. The van der Waals surface area contributed by atoms with Crippen LogP contribution in [0.2, 0.25) is 0 Å². The molecule has 7 nitrogen and oxygen atoms in total. The number of nitrogens with one attached hydrogen (secondary N) is 1. The highest BCUT2D eigenvalue weighted by Crippen LogP contribution is 2.11. The number of esters is 1. The number of carboxylic acids is 1. The van der Waals surface area contributed by atoms with E-state index >= 15 is 0 Å². The Morgan fingerprint density at radius 3 is 2.68 bits per heavy atom. The van der Waals surface area contributed by atoms with Gasteiger partial charge in [0.1, 0.15) is 0 Å². The van der Waals surface area contributed by atoms with Crippen molar-refractivity contribution in [1.82, 2.24) is 0 Å². The molecule has 0 bridgehead atoms. The first-order valence-electron chi connectivity index (χ1n) is 5.52. The Kier molecular flexibility index (Phi) is 5.01. The Morgan fingerprint density at radius 1 is 1.42 bits per heavy atom. The number of nitrogens with two attached hydrogens (primary N) is 1. The van der Waals surface area contributed by atoms with Gasteiger partial charge in [0.15, 0.2) is 6.04 Å². The number of ether oxygens (including phenoxy) is 1. The Morgan fingerprint density at radius 2 is 2.11 bits per heavy atom. The Labute approximate surface area is 109 Å². The van der Waals surface area contributed by atoms with Crippen molar-refractivity contribution in [3.05, 3.63) is 29.8 Å². The number of hydrogen-bond donors (Lipinski definition) is 3. The summed E-state index contributed by atoms with van der Waals surface area (Å²) in [5.74, 6) is -2.72. The largest absolute Gasteiger partial charge is 0.478 e. The molecule has 1 aromatic carbocycles. The van der Waals surface area contributed by atoms with Crippen molar-refractivity contribution in [3.63, 3.8) is 0 Å². The molecule has 0 saturated carbocycles. The summed E-state index contributed by atoms with van der Waals surface area (Å²) in [7, 11) is 0. The maximum Gasteiger partial charge on any atom is 0.335 e. The SMILES string of the molecule is CCOC(=O)C(N)C(=O)Nc1cccc(C(=O)O)c1. The summed E-state index contributed by atoms with van der Waals surface area (Å²) >= 11 is 0. The summed E-state index contributed by atoms with van der Waals surface area (Å²) < 4.78 is 4.61. The number of rotatable bonds is 5. The van der Waals surface area contributed by atoms with Crippen LogP contribution in [0.3, 0.4) is 0 Å². The van der Waals surface area contributed by atoms with Gasteiger partial charge in [-0.15, -0.1) is 0 Å². The van der Waals surface area contributed by atoms with Gasteiger partial charge in [-0.05, 0) is 25.1 Å². The summed E-state index contributed by atoms with van der Waals surface area (Å²) in [6.45, 7) is 1.72. The molecular weight excluding hydrogens is 252 g/mol. The summed E-state index contributed by atoms with van der Waals surface area (Å²) in [5, 5.41) is 11.1. The van der Waals surface area contributed by atoms with Crippen LogP contribution in [0.4, 0.5) is 5.69 Å². The minimum Gasteiger partial charge on any atom is -0.478 e. The first kappa shape index (κ1) is 14.7. The average Bonchev–Trinajstić information content (AvgIpc) is 2.38. The van der Waals surface area contributed by atoms with Crippen LogP contribution in [0.15, 0.2) is 24.3 Å². The molecule has 1 aromatic rings. The predicted molar refractivity (Wildman–Crippen MR) is 66.6 cm³/mol. The minimum atomic E-state index is -1.45. The third-order valence-electron chi connectivity index (χ3n) is 2.20. The van der Waals surface area contributed by atoms with Crippen LogP contribution in [0, 0.1) is 0 Å². The molecule has 0 fully saturated rings. The summed E-state index contributed by atoms with van der Waals surface area (Å²) in [4.78, 5) is 33.6. The lowest BCUT2D eigenvalue weighted by molar-refractivity contribution is -0.146. The molecule has 0 spiro atoms. The highest BCUT2D eigenvalue weighted by atomic mass is 16.5. The Bertz CT molecular complexity index is 501. The van der Waals surface area contributed by atoms with Gasteiger partial charge in [0, 0.05) is 5.69 Å². The van der Waals surface area contributed by atoms with Crippen LogP contribution in [0.1, 0.15) is 17.3 Å². The lowest BCUT2D eigenvalue weighted by atomic mass is 10.2. The smallest absolute Gasteiger partial charge is 0.335 e. The summed E-state index contributed by atoms with van der Waals surface area (Å²) in [5.41, 5.74) is 5.65. The Hall–Kier alpha value is -2.41. The number of carbonyl (C=O) groups is 3. The van der Waals surface area contributed by atoms with E-state index in [2.05, 4.69) is 10.1 Å². The zero-order chi connectivity index (χ0) is 14.4. The van der Waals surface area contributed by atoms with E-state index in [9.17, 15) is 14.4 Å². The van der Waals surface area contributed by atoms with Crippen molar-refractivity contribution in [1.29, 1.82) is 0 Å². The van der Waals surface area contributed by atoms with E-state index in [-0.39, 0.29) is 17.9 Å². The second-order valence-corrected chi connectivity index (χ2v) is 3.60. The normalized spacial score (nSPS) is 11.5. The fourth-order valence-electron chi connectivity index (χ4n) is 1.29. The van der Waals surface area contributed by atoms with E-state index < -0.39 is 23.9 Å². The van der Waals surface area contributed by atoms with Crippen molar-refractivity contribution >= 4 is 23.5 Å². The number of hydrogen-bond acceptors (Lipinski definition) is 5. The predicted octanol–water partition coefficient (Wildman–Crippen LogP) is 0.214. The number of benzene rings is 1. The third kappa shape index (κ3) is 4.07. The van der Waals surface area contributed by atoms with E-state index in [1.165, 1.54) is 24.3 Å². The molecule has 0 aliphatic heterocycles. The molecule has 0 aromatic heterocycles. The molecule has 7 heteroatoms. The molecule has 0 radical (unpaired) electrons. The van der Waals surface area contributed by atoms with Crippen LogP contribution in [0.5, 0.6) is 0 Å². The quantitative estimate of drug-likeness (QED) is 0.518. The molecule has 1 atom stereocenters. The number of carboxylic acid groups (broad SMARTS) is 1. The van der Waals surface area contributed by atoms with Gasteiger partial charge in [-0.1, -0.05) is 6.07 Å². The lowest BCUT2D eigenvalue weighted by Gasteiger charge is -2.11. The molecule has 1 unspecified atom stereocenters. The van der Waals surface area contributed by atoms with Crippen LogP contribution in [-0.4, -0.2) is 35.6 Å². The van der Waals surface area contributed by atoms with Crippen molar-refractivity contribution in [2.75, 3.05) is 11.9 Å². The van der Waals surface area contributed by atoms with Crippen molar-refractivity contribution in [3.8, 4) is 0 Å². The summed E-state index contributed by atoms with van der Waals surface area (Å²) in [6.07, 6.45) is 0. The fraction of sp³-hybridized carbons (Fsp3) is 0.250. The van der Waals surface area contributed by atoms with Crippen LogP contribution in [0.25, 0.3) is 0 Å². The first-order chi connectivity index (χ1) is 8.95. The van der Waals surface area contributed by atoms with Gasteiger partial charge >= 0.3 is 11.9 Å². The van der Waals surface area contributed by atoms with E-state index in [1.807, 2.05) is 0 Å². The maximum absolute atomic E-state index is 11.6. The van der Waals surface area contributed by atoms with Gasteiger partial charge in [-0.25, -0.2) is 9.59 Å². The van der Waals surface area contributed by atoms with E-state index in [0.717, 1.165) is 0 Å². The van der Waals surface area contributed by atoms with E-state index in [0.29, 0.717) is 0 Å². The van der Waals surface area contributed by atoms with Crippen molar-refractivity contribution in [2.45, 2.75) is 13.0 Å². The number of anilines is 1. The third-order valence-corrected chi connectivity index (χ3v) is 2.20. The lowest BCUT2D eigenvalue weighted by Crippen LogP contribution is -2.43. The zero-order valence-corrected chi connectivity index (χ0v) is 10.3. The van der Waals surface area contributed by atoms with Gasteiger partial charge in [0.25, 0.3) is 5.91 Å². The Balaban J connectivity index is 2.74. The molecule has 4 N–H and O–H groups in total. The highest BCUT2D eigenvalue weighted by Gasteiger charge is 2.23. The average molecular weight is 266 g/mol. The number of aromatic carboxylic acids is 1. The van der Waals surface area contributed by atoms with Gasteiger partial charge in [-0.2, -0.15) is 0 Å². The molecule has 102 valence electrons. The molecular formula is C12H14N2O5. The van der Waals surface area contributed by atoms with Crippen LogP contribution < -0.4 is 11.1 Å². The van der Waals surface area contributed by atoms with E-state index in [4.69, 9.17) is 10.8 Å². The zero-order valence-electron chi connectivity index (χ0n) is 10.3. The summed E-state index contributed by atoms with van der Waals surface area (Å²) in [6, 6.07) is 4.15. The molecule has 0 aliphatic rings. The molecule has 0 saturated heterocycles. The topological polar surface area (TPSA) is 119 Å². The van der Waals surface area contributed by atoms with Crippen molar-refractivity contribution < 1.29 is 24.2 Å². The van der Waals surface area contributed by atoms with Gasteiger partial charge in [0.2, 0.25) is 0 Å². The van der Waals surface area contributed by atoms with Crippen LogP contribution in [-0.2, 0) is 14.3 Å². The van der Waals surface area contributed by atoms with Gasteiger partial charge in [-0.3, -0.25) is 4.79 Å². The van der Waals surface area contributed by atoms with E-state index in [1.54, 1.807) is 6.92 Å². The number of carbonyl (C=O) groups excluding carboxylic acids is 2. The second kappa shape index (κ2) is 6.50. The monoisotopic (exact) mass is 266 g/mol. The van der Waals surface area contributed by atoms with Crippen LogP contribution >= 0.6 is 0 Å². The maximum atomic E-state index is 11.6. The molecule has 0 aliphatic carbocycles. The van der Waals surface area contributed by atoms with Gasteiger partial charge in [0.05, 0.1) is 12.2 Å². The standard InChI is InChI=1S/C12H14N2O5/c1-2-19-12(18)9(13)10(15)14-8-5-3-4-7(6-8)11(16)17/h3-6,9H,2,13H2,1H3,(H,14,15)(H,16,17). The number of amides is 1.